The van der Waals surface area contributed by atoms with Crippen molar-refractivity contribution in [3.63, 3.8) is 0 Å². The summed E-state index contributed by atoms with van der Waals surface area (Å²) in [4.78, 5) is 4.48. The molecule has 2 heterocycles. The Hall–Kier alpha value is -0.700. The van der Waals surface area contributed by atoms with Crippen LogP contribution in [-0.2, 0) is 17.9 Å². The molecule has 2 aromatic rings. The second-order valence-corrected chi connectivity index (χ2v) is 11.4. The molecule has 1 N–H and O–H groups in total. The summed E-state index contributed by atoms with van der Waals surface area (Å²) in [6.07, 6.45) is -0.988. The van der Waals surface area contributed by atoms with Gasteiger partial charge in [0.25, 0.3) is 6.43 Å². The van der Waals surface area contributed by atoms with Crippen LogP contribution in [0, 0.1) is 5.41 Å². The summed E-state index contributed by atoms with van der Waals surface area (Å²) in [5.41, 5.74) is 1.00. The van der Waals surface area contributed by atoms with Crippen molar-refractivity contribution in [2.75, 3.05) is 0 Å². The van der Waals surface area contributed by atoms with Crippen LogP contribution in [0.4, 0.5) is 8.78 Å². The zero-order valence-corrected chi connectivity index (χ0v) is 18.3. The van der Waals surface area contributed by atoms with Crippen molar-refractivity contribution >= 4 is 38.3 Å². The zero-order chi connectivity index (χ0) is 19.9. The van der Waals surface area contributed by atoms with Crippen molar-refractivity contribution in [3.8, 4) is 0 Å². The maximum Gasteiger partial charge on any atom is 0.262 e. The number of nitrogens with one attached hydrogen (secondary N) is 1. The standard InChI is InChI=1S/C18H26BrF2N3OS/c1-17(2,3)10-24-9-12(11-7-8-13(19)22-16(11)24)14(15(20)21)23-26(25)18(4,5)6/h7-9,14-15,23H,10H2,1-6H3. The molecule has 0 fully saturated rings. The molecule has 2 aromatic heterocycles. The molecule has 146 valence electrons. The largest absolute Gasteiger partial charge is 0.598 e. The van der Waals surface area contributed by atoms with Crippen molar-refractivity contribution in [3.05, 3.63) is 28.5 Å². The Labute approximate surface area is 165 Å². The molecular formula is C18H26BrF2N3OS. The van der Waals surface area contributed by atoms with Gasteiger partial charge in [-0.05, 0) is 54.2 Å². The summed E-state index contributed by atoms with van der Waals surface area (Å²) in [6, 6.07) is 2.18. The molecule has 0 aliphatic rings. The summed E-state index contributed by atoms with van der Waals surface area (Å²) in [5, 5.41) is 0.640. The van der Waals surface area contributed by atoms with Gasteiger partial charge in [-0.1, -0.05) is 20.8 Å². The minimum Gasteiger partial charge on any atom is -0.598 e. The number of pyridine rings is 1. The Kier molecular flexibility index (Phi) is 6.42. The maximum atomic E-state index is 13.9. The summed E-state index contributed by atoms with van der Waals surface area (Å²) in [6.45, 7) is 12.1. The lowest BCUT2D eigenvalue weighted by molar-refractivity contribution is 0.109. The SMILES string of the molecule is CC(C)(C)Cn1cc(C(N[S+]([O-])C(C)(C)C)C(F)F)c2ccc(Br)nc21. The van der Waals surface area contributed by atoms with Gasteiger partial charge in [-0.25, -0.2) is 13.8 Å². The molecule has 8 heteroatoms. The average molecular weight is 450 g/mol. The predicted octanol–water partition coefficient (Wildman–Crippen LogP) is 5.20. The lowest BCUT2D eigenvalue weighted by Crippen LogP contribution is -2.43. The van der Waals surface area contributed by atoms with Gasteiger partial charge < -0.3 is 9.12 Å². The van der Waals surface area contributed by atoms with Crippen LogP contribution in [0.1, 0.15) is 53.1 Å². The Bertz CT molecular complexity index is 768. The van der Waals surface area contributed by atoms with E-state index in [1.54, 1.807) is 39.1 Å². The van der Waals surface area contributed by atoms with Gasteiger partial charge in [-0.3, -0.25) is 0 Å². The summed E-state index contributed by atoms with van der Waals surface area (Å²) in [5.74, 6) is 0. The van der Waals surface area contributed by atoms with Gasteiger partial charge in [0.15, 0.2) is 0 Å². The van der Waals surface area contributed by atoms with E-state index in [9.17, 15) is 13.3 Å². The molecular weight excluding hydrogens is 424 g/mol. The van der Waals surface area contributed by atoms with Crippen LogP contribution in [0.5, 0.6) is 0 Å². The molecule has 2 atom stereocenters. The highest BCUT2D eigenvalue weighted by molar-refractivity contribution is 9.10. The fourth-order valence-electron chi connectivity index (χ4n) is 2.59. The molecule has 2 rings (SSSR count). The van der Waals surface area contributed by atoms with Gasteiger partial charge in [0.05, 0.1) is 0 Å². The Morgan fingerprint density at radius 3 is 2.35 bits per heavy atom. The second-order valence-electron chi connectivity index (χ2n) is 8.59. The van der Waals surface area contributed by atoms with Crippen molar-refractivity contribution in [1.82, 2.24) is 14.3 Å². The number of hydrogen-bond donors (Lipinski definition) is 1. The van der Waals surface area contributed by atoms with Crippen LogP contribution in [0.15, 0.2) is 22.9 Å². The Morgan fingerprint density at radius 2 is 1.85 bits per heavy atom. The molecule has 0 aromatic carbocycles. The minimum atomic E-state index is -2.70. The van der Waals surface area contributed by atoms with Crippen LogP contribution in [0.2, 0.25) is 0 Å². The van der Waals surface area contributed by atoms with Crippen LogP contribution >= 0.6 is 15.9 Å². The predicted molar refractivity (Wildman–Crippen MR) is 107 cm³/mol. The number of hydrogen-bond acceptors (Lipinski definition) is 3. The number of rotatable bonds is 5. The Morgan fingerprint density at radius 1 is 1.23 bits per heavy atom. The highest BCUT2D eigenvalue weighted by Gasteiger charge is 2.36. The molecule has 0 bridgehead atoms. The first-order valence-electron chi connectivity index (χ1n) is 8.41. The molecule has 0 aliphatic carbocycles. The van der Waals surface area contributed by atoms with Gasteiger partial charge >= 0.3 is 0 Å². The third-order valence-corrected chi connectivity index (χ3v) is 5.76. The van der Waals surface area contributed by atoms with Crippen molar-refractivity contribution in [2.45, 2.75) is 65.3 Å². The molecule has 0 aliphatic heterocycles. The van der Waals surface area contributed by atoms with Gasteiger partial charge in [-0.15, -0.1) is 4.72 Å². The molecule has 0 spiro atoms. The van der Waals surface area contributed by atoms with E-state index in [2.05, 4.69) is 46.4 Å². The highest BCUT2D eigenvalue weighted by Crippen LogP contribution is 2.33. The summed E-state index contributed by atoms with van der Waals surface area (Å²) in [7, 11) is 0. The highest BCUT2D eigenvalue weighted by atomic mass is 79.9. The zero-order valence-electron chi connectivity index (χ0n) is 15.9. The lowest BCUT2D eigenvalue weighted by atomic mass is 9.97. The van der Waals surface area contributed by atoms with Gasteiger partial charge in [0.2, 0.25) is 0 Å². The minimum absolute atomic E-state index is 0.0464. The van der Waals surface area contributed by atoms with E-state index in [-0.39, 0.29) is 5.41 Å². The molecule has 26 heavy (non-hydrogen) atoms. The maximum absolute atomic E-state index is 13.9. The normalized spacial score (nSPS) is 15.7. The van der Waals surface area contributed by atoms with E-state index in [1.165, 1.54) is 0 Å². The summed E-state index contributed by atoms with van der Waals surface area (Å²) < 4.78 is 44.6. The van der Waals surface area contributed by atoms with Crippen LogP contribution in [-0.4, -0.2) is 25.3 Å². The van der Waals surface area contributed by atoms with E-state index >= 15 is 0 Å². The molecule has 2 unspecified atom stereocenters. The molecule has 0 radical (unpaired) electrons. The number of fused-ring (bicyclic) bond motifs is 1. The van der Waals surface area contributed by atoms with E-state index < -0.39 is 28.6 Å². The third-order valence-electron chi connectivity index (χ3n) is 3.74. The van der Waals surface area contributed by atoms with E-state index in [0.29, 0.717) is 27.7 Å². The number of aromatic nitrogens is 2. The van der Waals surface area contributed by atoms with Crippen LogP contribution in [0.3, 0.4) is 0 Å². The number of alkyl halides is 2. The monoisotopic (exact) mass is 449 g/mol. The molecule has 0 amide bonds. The first-order chi connectivity index (χ1) is 11.8. The van der Waals surface area contributed by atoms with E-state index in [0.717, 1.165) is 0 Å². The quantitative estimate of drug-likeness (QED) is 0.503. The first-order valence-corrected chi connectivity index (χ1v) is 10.4. The lowest BCUT2D eigenvalue weighted by Gasteiger charge is -2.27. The summed E-state index contributed by atoms with van der Waals surface area (Å²) >= 11 is 1.74. The van der Waals surface area contributed by atoms with Gasteiger partial charge in [0.1, 0.15) is 21.0 Å². The van der Waals surface area contributed by atoms with Crippen molar-refractivity contribution in [1.29, 1.82) is 0 Å². The Balaban J connectivity index is 2.55. The van der Waals surface area contributed by atoms with Gasteiger partial charge in [-0.2, -0.15) is 0 Å². The first kappa shape index (κ1) is 21.6. The van der Waals surface area contributed by atoms with Crippen LogP contribution < -0.4 is 4.72 Å². The smallest absolute Gasteiger partial charge is 0.262 e. The van der Waals surface area contributed by atoms with Crippen molar-refractivity contribution < 1.29 is 13.3 Å². The van der Waals surface area contributed by atoms with E-state index in [1.807, 2.05) is 4.57 Å². The van der Waals surface area contributed by atoms with E-state index in [4.69, 9.17) is 0 Å². The number of nitrogens with zero attached hydrogens (tertiary/aromatic N) is 2. The molecule has 0 saturated heterocycles. The average Bonchev–Trinajstić information content (AvgIpc) is 2.79. The number of halogens is 3. The fourth-order valence-corrected chi connectivity index (χ4v) is 3.70. The molecule has 0 saturated carbocycles. The third kappa shape index (κ3) is 5.18. The van der Waals surface area contributed by atoms with Crippen molar-refractivity contribution in [2.24, 2.45) is 5.41 Å². The fraction of sp³-hybridized carbons (Fsp3) is 0.611. The molecule has 4 nitrogen and oxygen atoms in total. The van der Waals surface area contributed by atoms with Gasteiger partial charge in [0, 0.05) is 35.1 Å². The van der Waals surface area contributed by atoms with Crippen LogP contribution in [0.25, 0.3) is 11.0 Å². The second kappa shape index (κ2) is 7.73. The topological polar surface area (TPSA) is 52.9 Å².